The van der Waals surface area contributed by atoms with E-state index in [0.717, 1.165) is 11.8 Å². The van der Waals surface area contributed by atoms with Crippen LogP contribution in [0.2, 0.25) is 0 Å². The lowest BCUT2D eigenvalue weighted by Crippen LogP contribution is -1.95. The summed E-state index contributed by atoms with van der Waals surface area (Å²) in [5, 5.41) is 3.36. The third-order valence-electron chi connectivity index (χ3n) is 2.81. The fraction of sp³-hybridized carbons (Fsp3) is 0.357. The molecule has 0 fully saturated rings. The minimum absolute atomic E-state index is 0.651. The maximum atomic E-state index is 5.42. The van der Waals surface area contributed by atoms with Gasteiger partial charge in [-0.2, -0.15) is 0 Å². The lowest BCUT2D eigenvalue weighted by atomic mass is 10.0. The van der Waals surface area contributed by atoms with Crippen molar-refractivity contribution in [2.75, 3.05) is 11.9 Å². The maximum absolute atomic E-state index is 5.42. The Morgan fingerprint density at radius 2 is 2.06 bits per heavy atom. The highest BCUT2D eigenvalue weighted by Gasteiger charge is 2.03. The number of benzene rings is 1. The normalized spacial score (nSPS) is 10.8. The van der Waals surface area contributed by atoms with E-state index in [0.29, 0.717) is 12.5 Å². The van der Waals surface area contributed by atoms with E-state index in [1.54, 1.807) is 0 Å². The number of ether oxygens (including phenoxy) is 1. The van der Waals surface area contributed by atoms with Crippen molar-refractivity contribution >= 4 is 26.7 Å². The fourth-order valence-corrected chi connectivity index (χ4v) is 2.36. The van der Waals surface area contributed by atoms with E-state index in [1.807, 2.05) is 19.2 Å². The van der Waals surface area contributed by atoms with Crippen LogP contribution < -0.4 is 4.74 Å². The molecule has 0 aliphatic carbocycles. The van der Waals surface area contributed by atoms with Gasteiger partial charge in [0.2, 0.25) is 5.88 Å². The van der Waals surface area contributed by atoms with Crippen LogP contribution in [0, 0.1) is 6.92 Å². The molecule has 1 aromatic carbocycles. The molecule has 0 radical (unpaired) electrons. The Balaban J connectivity index is 2.48. The summed E-state index contributed by atoms with van der Waals surface area (Å²) in [7, 11) is 0. The second-order valence-corrected chi connectivity index (χ2v) is 4.81. The van der Waals surface area contributed by atoms with Gasteiger partial charge in [-0.05, 0) is 42.8 Å². The number of aryl methyl sites for hydroxylation is 2. The second-order valence-electron chi connectivity index (χ2n) is 4.02. The fourth-order valence-electron chi connectivity index (χ4n) is 1.93. The lowest BCUT2D eigenvalue weighted by molar-refractivity contribution is 0.327. The molecule has 1 aromatic heterocycles. The number of hydrogen-bond acceptors (Lipinski definition) is 2. The van der Waals surface area contributed by atoms with Gasteiger partial charge in [0.15, 0.2) is 0 Å². The zero-order valence-electron chi connectivity index (χ0n) is 10.2. The van der Waals surface area contributed by atoms with E-state index in [-0.39, 0.29) is 0 Å². The molecule has 3 heteroatoms. The largest absolute Gasteiger partial charge is 0.478 e. The summed E-state index contributed by atoms with van der Waals surface area (Å²) in [4.78, 5) is 4.28. The average molecular weight is 294 g/mol. The number of nitrogens with zero attached hydrogens (tertiary/aromatic N) is 1. The Labute approximate surface area is 110 Å². The van der Waals surface area contributed by atoms with Crippen molar-refractivity contribution in [3.8, 4) is 5.88 Å². The molecule has 0 unspecified atom stereocenters. The highest BCUT2D eigenvalue weighted by Crippen LogP contribution is 2.23. The van der Waals surface area contributed by atoms with E-state index >= 15 is 0 Å². The van der Waals surface area contributed by atoms with Gasteiger partial charge in [0.1, 0.15) is 0 Å². The number of rotatable bonds is 4. The Hall–Kier alpha value is -1.09. The summed E-state index contributed by atoms with van der Waals surface area (Å²) in [5.74, 6) is 0.702. The van der Waals surface area contributed by atoms with Crippen molar-refractivity contribution < 1.29 is 4.74 Å². The molecule has 2 aromatic rings. The predicted octanol–water partition coefficient (Wildman–Crippen LogP) is 3.88. The molecule has 1 heterocycles. The van der Waals surface area contributed by atoms with E-state index in [4.69, 9.17) is 4.74 Å². The standard InChI is InChI=1S/C14H16BrNO/c1-3-17-14-8-12-7-11(4-5-15)10(2)6-13(12)9-16-14/h6-9H,3-5H2,1-2H3. The molecular formula is C14H16BrNO. The van der Waals surface area contributed by atoms with Crippen LogP contribution in [-0.4, -0.2) is 16.9 Å². The van der Waals surface area contributed by atoms with Crippen LogP contribution in [0.15, 0.2) is 24.4 Å². The highest BCUT2D eigenvalue weighted by atomic mass is 79.9. The van der Waals surface area contributed by atoms with Gasteiger partial charge in [-0.15, -0.1) is 0 Å². The van der Waals surface area contributed by atoms with Gasteiger partial charge in [-0.1, -0.05) is 22.0 Å². The first-order valence-electron chi connectivity index (χ1n) is 5.82. The zero-order valence-corrected chi connectivity index (χ0v) is 11.8. The molecule has 2 nitrogen and oxygen atoms in total. The molecule has 0 bridgehead atoms. The summed E-state index contributed by atoms with van der Waals surface area (Å²) < 4.78 is 5.42. The summed E-state index contributed by atoms with van der Waals surface area (Å²) in [6, 6.07) is 6.43. The molecule has 0 amide bonds. The Morgan fingerprint density at radius 1 is 1.24 bits per heavy atom. The summed E-state index contributed by atoms with van der Waals surface area (Å²) >= 11 is 3.49. The van der Waals surface area contributed by atoms with Crippen molar-refractivity contribution in [2.24, 2.45) is 0 Å². The molecule has 0 atom stereocenters. The number of aromatic nitrogens is 1. The molecule has 17 heavy (non-hydrogen) atoms. The summed E-state index contributed by atoms with van der Waals surface area (Å²) in [5.41, 5.74) is 2.70. The number of halogens is 1. The molecule has 0 saturated heterocycles. The van der Waals surface area contributed by atoms with Gasteiger partial charge in [-0.25, -0.2) is 4.98 Å². The van der Waals surface area contributed by atoms with Crippen LogP contribution >= 0.6 is 15.9 Å². The van der Waals surface area contributed by atoms with Gasteiger partial charge in [-0.3, -0.25) is 0 Å². The molecule has 0 saturated carbocycles. The monoisotopic (exact) mass is 293 g/mol. The number of fused-ring (bicyclic) bond motifs is 1. The van der Waals surface area contributed by atoms with Crippen LogP contribution in [0.4, 0.5) is 0 Å². The lowest BCUT2D eigenvalue weighted by Gasteiger charge is -2.08. The number of alkyl halides is 1. The van der Waals surface area contributed by atoms with Gasteiger partial charge in [0.05, 0.1) is 6.61 Å². The third-order valence-corrected chi connectivity index (χ3v) is 3.20. The van der Waals surface area contributed by atoms with Crippen molar-refractivity contribution in [1.29, 1.82) is 0 Å². The van der Waals surface area contributed by atoms with Crippen molar-refractivity contribution in [2.45, 2.75) is 20.3 Å². The topological polar surface area (TPSA) is 22.1 Å². The van der Waals surface area contributed by atoms with Gasteiger partial charge in [0, 0.05) is 23.0 Å². The Bertz CT molecular complexity index is 525. The first kappa shape index (κ1) is 12.4. The molecule has 0 aliphatic rings. The van der Waals surface area contributed by atoms with Gasteiger partial charge >= 0.3 is 0 Å². The van der Waals surface area contributed by atoms with Crippen LogP contribution in [0.5, 0.6) is 5.88 Å². The van der Waals surface area contributed by atoms with Crippen LogP contribution in [0.3, 0.4) is 0 Å². The minimum Gasteiger partial charge on any atom is -0.478 e. The van der Waals surface area contributed by atoms with E-state index in [2.05, 4.69) is 40.0 Å². The average Bonchev–Trinajstić information content (AvgIpc) is 2.31. The SMILES string of the molecule is CCOc1cc2cc(CCBr)c(C)cc2cn1. The van der Waals surface area contributed by atoms with Crippen molar-refractivity contribution in [3.05, 3.63) is 35.5 Å². The second kappa shape index (κ2) is 5.50. The van der Waals surface area contributed by atoms with Gasteiger partial charge < -0.3 is 4.74 Å². The molecule has 0 N–H and O–H groups in total. The smallest absolute Gasteiger partial charge is 0.213 e. The Kier molecular flexibility index (Phi) is 4.00. The molecule has 0 spiro atoms. The molecule has 90 valence electrons. The van der Waals surface area contributed by atoms with Crippen LogP contribution in [0.1, 0.15) is 18.1 Å². The molecule has 2 rings (SSSR count). The Morgan fingerprint density at radius 3 is 2.76 bits per heavy atom. The molecule has 0 aliphatic heterocycles. The van der Waals surface area contributed by atoms with E-state index in [1.165, 1.54) is 21.9 Å². The van der Waals surface area contributed by atoms with Crippen LogP contribution in [-0.2, 0) is 6.42 Å². The number of pyridine rings is 1. The highest BCUT2D eigenvalue weighted by molar-refractivity contribution is 9.09. The van der Waals surface area contributed by atoms with Crippen molar-refractivity contribution in [3.63, 3.8) is 0 Å². The maximum Gasteiger partial charge on any atom is 0.213 e. The zero-order chi connectivity index (χ0) is 12.3. The number of hydrogen-bond donors (Lipinski definition) is 0. The van der Waals surface area contributed by atoms with Gasteiger partial charge in [0.25, 0.3) is 0 Å². The quantitative estimate of drug-likeness (QED) is 0.798. The third kappa shape index (κ3) is 2.78. The van der Waals surface area contributed by atoms with Crippen LogP contribution in [0.25, 0.3) is 10.8 Å². The van der Waals surface area contributed by atoms with Crippen molar-refractivity contribution in [1.82, 2.24) is 4.98 Å². The first-order chi connectivity index (χ1) is 8.24. The summed E-state index contributed by atoms with van der Waals surface area (Å²) in [6.07, 6.45) is 2.93. The summed E-state index contributed by atoms with van der Waals surface area (Å²) in [6.45, 7) is 4.77. The molecular weight excluding hydrogens is 278 g/mol. The first-order valence-corrected chi connectivity index (χ1v) is 6.94. The minimum atomic E-state index is 0.651. The van der Waals surface area contributed by atoms with E-state index < -0.39 is 0 Å². The predicted molar refractivity (Wildman–Crippen MR) is 75.1 cm³/mol. The van der Waals surface area contributed by atoms with E-state index in [9.17, 15) is 0 Å².